The molecule has 0 fully saturated rings. The fraction of sp³-hybridized carbons (Fsp3) is 0.375. The molecule has 0 aliphatic heterocycles. The van der Waals surface area contributed by atoms with Gasteiger partial charge in [0.05, 0.1) is 0 Å². The zero-order valence-electron chi connectivity index (χ0n) is 13.2. The van der Waals surface area contributed by atoms with Crippen LogP contribution in [0.4, 0.5) is 0 Å². The van der Waals surface area contributed by atoms with Crippen molar-refractivity contribution in [2.75, 3.05) is 6.61 Å². The maximum atomic E-state index is 5.80. The van der Waals surface area contributed by atoms with Crippen molar-refractivity contribution < 1.29 is 4.43 Å². The molecule has 0 saturated heterocycles. The van der Waals surface area contributed by atoms with Crippen molar-refractivity contribution in [3.63, 3.8) is 0 Å². The lowest BCUT2D eigenvalue weighted by Crippen LogP contribution is -2.28. The highest BCUT2D eigenvalue weighted by molar-refractivity contribution is 7.21. The highest BCUT2D eigenvalue weighted by Gasteiger charge is 2.16. The van der Waals surface area contributed by atoms with E-state index >= 15 is 0 Å². The van der Waals surface area contributed by atoms with Crippen molar-refractivity contribution in [1.82, 2.24) is 0 Å². The maximum Gasteiger partial charge on any atom is 0.210 e. The highest BCUT2D eigenvalue weighted by atomic mass is 35.6. The first-order valence-electron chi connectivity index (χ1n) is 6.84. The van der Waals surface area contributed by atoms with Gasteiger partial charge in [-0.1, -0.05) is 54.8 Å². The third kappa shape index (κ3) is 11.2. The Morgan fingerprint density at radius 1 is 1.05 bits per heavy atom. The lowest BCUT2D eigenvalue weighted by molar-refractivity contribution is 0.319. The number of halogens is 1. The molecule has 1 aromatic carbocycles. The number of hydrogen-bond donors (Lipinski definition) is 0. The van der Waals surface area contributed by atoms with Crippen LogP contribution in [0.3, 0.4) is 0 Å². The second-order valence-electron chi connectivity index (χ2n) is 5.66. The minimum absolute atomic E-state index is 0.801. The van der Waals surface area contributed by atoms with Gasteiger partial charge in [-0.2, -0.15) is 11.1 Å². The Kier molecular flexibility index (Phi) is 9.06. The maximum absolute atomic E-state index is 5.80. The Morgan fingerprint density at radius 2 is 1.55 bits per heavy atom. The van der Waals surface area contributed by atoms with Gasteiger partial charge in [-0.3, -0.25) is 0 Å². The topological polar surface area (TPSA) is 9.23 Å². The SMILES string of the molecule is C=C[Si](C)(C)Cl.C=C[Si](C)(C)OCCc1ccccc1. The molecule has 0 bridgehead atoms. The van der Waals surface area contributed by atoms with Crippen molar-refractivity contribution in [2.45, 2.75) is 32.6 Å². The number of benzene rings is 1. The molecule has 0 saturated carbocycles. The Bertz CT molecular complexity index is 397. The molecule has 0 radical (unpaired) electrons. The van der Waals surface area contributed by atoms with Gasteiger partial charge >= 0.3 is 0 Å². The number of hydrogen-bond acceptors (Lipinski definition) is 1. The molecular weight excluding hydrogens is 300 g/mol. The summed E-state index contributed by atoms with van der Waals surface area (Å²) in [6, 6.07) is 10.4. The van der Waals surface area contributed by atoms with Crippen LogP contribution in [-0.2, 0) is 10.8 Å². The average molecular weight is 327 g/mol. The molecule has 0 N–H and O–H groups in total. The molecule has 20 heavy (non-hydrogen) atoms. The Hall–Kier alpha value is -0.616. The van der Waals surface area contributed by atoms with Crippen LogP contribution in [0.2, 0.25) is 26.2 Å². The second-order valence-corrected chi connectivity index (χ2v) is 16.0. The molecule has 0 amide bonds. The van der Waals surface area contributed by atoms with Crippen LogP contribution in [-0.4, -0.2) is 22.3 Å². The molecular formula is C16H27ClOSi2. The fourth-order valence-electron chi connectivity index (χ4n) is 1.14. The van der Waals surface area contributed by atoms with Crippen LogP contribution in [0.5, 0.6) is 0 Å². The van der Waals surface area contributed by atoms with E-state index in [1.54, 1.807) is 0 Å². The summed E-state index contributed by atoms with van der Waals surface area (Å²) in [5.41, 5.74) is 5.15. The van der Waals surface area contributed by atoms with Crippen LogP contribution in [0.25, 0.3) is 0 Å². The van der Waals surface area contributed by atoms with E-state index in [4.69, 9.17) is 15.5 Å². The van der Waals surface area contributed by atoms with E-state index in [1.807, 2.05) is 30.6 Å². The summed E-state index contributed by atoms with van der Waals surface area (Å²) >= 11 is 5.74. The summed E-state index contributed by atoms with van der Waals surface area (Å²) < 4.78 is 5.80. The zero-order chi connectivity index (χ0) is 15.6. The minimum Gasteiger partial charge on any atom is -0.413 e. The smallest absolute Gasteiger partial charge is 0.210 e. The van der Waals surface area contributed by atoms with Gasteiger partial charge in [0, 0.05) is 6.61 Å². The average Bonchev–Trinajstić information content (AvgIpc) is 2.40. The van der Waals surface area contributed by atoms with Gasteiger partial charge in [-0.25, -0.2) is 0 Å². The molecule has 1 rings (SSSR count). The van der Waals surface area contributed by atoms with Gasteiger partial charge in [0.2, 0.25) is 8.32 Å². The van der Waals surface area contributed by atoms with Crippen LogP contribution in [0.15, 0.2) is 54.9 Å². The van der Waals surface area contributed by atoms with Gasteiger partial charge in [-0.15, -0.1) is 13.2 Å². The van der Waals surface area contributed by atoms with E-state index in [9.17, 15) is 0 Å². The fourth-order valence-corrected chi connectivity index (χ4v) is 1.88. The lowest BCUT2D eigenvalue weighted by Gasteiger charge is -2.17. The summed E-state index contributed by atoms with van der Waals surface area (Å²) in [7, 11) is -2.96. The van der Waals surface area contributed by atoms with Crippen molar-refractivity contribution in [1.29, 1.82) is 0 Å². The van der Waals surface area contributed by atoms with Crippen LogP contribution < -0.4 is 0 Å². The first-order valence-corrected chi connectivity index (χ1v) is 13.9. The van der Waals surface area contributed by atoms with E-state index in [1.165, 1.54) is 5.56 Å². The molecule has 0 spiro atoms. The van der Waals surface area contributed by atoms with Gasteiger partial charge < -0.3 is 4.43 Å². The molecule has 1 aromatic rings. The van der Waals surface area contributed by atoms with Crippen LogP contribution in [0.1, 0.15) is 5.56 Å². The molecule has 0 atom stereocenters. The van der Waals surface area contributed by atoms with E-state index in [-0.39, 0.29) is 0 Å². The zero-order valence-corrected chi connectivity index (χ0v) is 15.9. The van der Waals surface area contributed by atoms with E-state index in [2.05, 4.69) is 50.5 Å². The normalized spacial score (nSPS) is 11.2. The highest BCUT2D eigenvalue weighted by Crippen LogP contribution is 2.07. The first kappa shape index (κ1) is 19.4. The van der Waals surface area contributed by atoms with Crippen LogP contribution >= 0.6 is 11.1 Å². The summed E-state index contributed by atoms with van der Waals surface area (Å²) in [5.74, 6) is 0. The van der Waals surface area contributed by atoms with E-state index in [0.717, 1.165) is 13.0 Å². The Balaban J connectivity index is 0.000000511. The van der Waals surface area contributed by atoms with E-state index in [0.29, 0.717) is 0 Å². The molecule has 0 aliphatic rings. The molecule has 112 valence electrons. The van der Waals surface area contributed by atoms with Gasteiger partial charge in [0.1, 0.15) is 0 Å². The summed E-state index contributed by atoms with van der Waals surface area (Å²) in [4.78, 5) is 0. The molecule has 4 heteroatoms. The summed E-state index contributed by atoms with van der Waals surface area (Å²) in [6.07, 6.45) is 0.991. The van der Waals surface area contributed by atoms with Crippen molar-refractivity contribution >= 4 is 26.8 Å². The largest absolute Gasteiger partial charge is 0.413 e. The predicted molar refractivity (Wildman–Crippen MR) is 97.3 cm³/mol. The lowest BCUT2D eigenvalue weighted by atomic mass is 10.2. The third-order valence-electron chi connectivity index (χ3n) is 2.68. The Morgan fingerprint density at radius 3 is 1.95 bits per heavy atom. The minimum atomic E-state index is -1.57. The first-order chi connectivity index (χ1) is 9.20. The Labute approximate surface area is 131 Å². The van der Waals surface area contributed by atoms with Crippen molar-refractivity contribution in [2.24, 2.45) is 0 Å². The molecule has 0 aliphatic carbocycles. The molecule has 0 heterocycles. The van der Waals surface area contributed by atoms with Gasteiger partial charge in [0.25, 0.3) is 0 Å². The molecule has 1 nitrogen and oxygen atoms in total. The standard InChI is InChI=1S/C12H18OSi.C4H9ClSi/c1-4-14(2,3)13-11-10-12-8-6-5-7-9-12;1-4-6(2,3)5/h4-9H,1,10-11H2,2-3H3;4H,1H2,2-3H3. The van der Waals surface area contributed by atoms with Crippen molar-refractivity contribution in [3.8, 4) is 0 Å². The van der Waals surface area contributed by atoms with Crippen LogP contribution in [0, 0.1) is 0 Å². The van der Waals surface area contributed by atoms with Crippen molar-refractivity contribution in [3.05, 3.63) is 60.5 Å². The van der Waals surface area contributed by atoms with Gasteiger partial charge in [0.15, 0.2) is 7.38 Å². The molecule has 0 aromatic heterocycles. The van der Waals surface area contributed by atoms with E-state index < -0.39 is 15.7 Å². The monoisotopic (exact) mass is 326 g/mol. The third-order valence-corrected chi connectivity index (χ3v) is 6.05. The number of rotatable bonds is 6. The molecule has 0 unspecified atom stereocenters. The second kappa shape index (κ2) is 9.34. The van der Waals surface area contributed by atoms with Gasteiger partial charge in [-0.05, 0) is 25.1 Å². The summed E-state index contributed by atoms with van der Waals surface area (Å²) in [6.45, 7) is 16.5. The predicted octanol–water partition coefficient (Wildman–Crippen LogP) is 5.33. The summed E-state index contributed by atoms with van der Waals surface area (Å²) in [5, 5.41) is 0. The quantitative estimate of drug-likeness (QED) is 0.507.